The van der Waals surface area contributed by atoms with Crippen LogP contribution in [0.2, 0.25) is 0 Å². The van der Waals surface area contributed by atoms with Crippen molar-refractivity contribution in [2.45, 2.75) is 33.6 Å². The zero-order chi connectivity index (χ0) is 15.4. The van der Waals surface area contributed by atoms with Crippen LogP contribution in [0.25, 0.3) is 11.0 Å². The largest absolute Gasteiger partial charge is 0.508 e. The molecule has 0 spiro atoms. The molecule has 0 amide bonds. The Morgan fingerprint density at radius 3 is 2.57 bits per heavy atom. The summed E-state index contributed by atoms with van der Waals surface area (Å²) < 4.78 is 5.25. The molecular formula is C18H20O3. The Balaban J connectivity index is 2.35. The number of allylic oxidation sites excluding steroid dienone is 4. The third-order valence-corrected chi connectivity index (χ3v) is 3.35. The third kappa shape index (κ3) is 3.85. The second-order valence-corrected chi connectivity index (χ2v) is 5.48. The Hall–Kier alpha value is -2.29. The summed E-state index contributed by atoms with van der Waals surface area (Å²) >= 11 is 0. The first-order chi connectivity index (χ1) is 9.97. The van der Waals surface area contributed by atoms with E-state index >= 15 is 0 Å². The lowest BCUT2D eigenvalue weighted by atomic mass is 10.0. The molecule has 0 fully saturated rings. The van der Waals surface area contributed by atoms with Crippen LogP contribution in [-0.4, -0.2) is 5.11 Å². The van der Waals surface area contributed by atoms with Gasteiger partial charge in [-0.25, -0.2) is 4.79 Å². The Bertz CT molecular complexity index is 760. The summed E-state index contributed by atoms with van der Waals surface area (Å²) in [7, 11) is 0. The Kier molecular flexibility index (Phi) is 4.63. The van der Waals surface area contributed by atoms with Gasteiger partial charge < -0.3 is 9.52 Å². The summed E-state index contributed by atoms with van der Waals surface area (Å²) in [5.41, 5.74) is 3.21. The second-order valence-electron chi connectivity index (χ2n) is 5.48. The highest BCUT2D eigenvalue weighted by Crippen LogP contribution is 2.27. The van der Waals surface area contributed by atoms with Crippen molar-refractivity contribution in [1.29, 1.82) is 0 Å². The topological polar surface area (TPSA) is 50.4 Å². The third-order valence-electron chi connectivity index (χ3n) is 3.35. The van der Waals surface area contributed by atoms with Crippen LogP contribution in [0, 0.1) is 0 Å². The number of benzene rings is 1. The fourth-order valence-corrected chi connectivity index (χ4v) is 2.10. The molecule has 0 aliphatic rings. The first kappa shape index (κ1) is 15.1. The molecule has 0 unspecified atom stereocenters. The summed E-state index contributed by atoms with van der Waals surface area (Å²) in [4.78, 5) is 11.4. The SMILES string of the molecule is CC(C)=CCC(C)=CCc1c(O)ccc2ccc(=O)oc12. The monoisotopic (exact) mass is 284 g/mol. The first-order valence-electron chi connectivity index (χ1n) is 7.01. The van der Waals surface area contributed by atoms with E-state index in [0.717, 1.165) is 11.8 Å². The molecule has 21 heavy (non-hydrogen) atoms. The van der Waals surface area contributed by atoms with Gasteiger partial charge in [-0.3, -0.25) is 0 Å². The molecule has 3 heteroatoms. The lowest BCUT2D eigenvalue weighted by molar-refractivity contribution is 0.466. The molecule has 0 aliphatic heterocycles. The van der Waals surface area contributed by atoms with Crippen LogP contribution in [0.4, 0.5) is 0 Å². The van der Waals surface area contributed by atoms with E-state index in [9.17, 15) is 9.90 Å². The van der Waals surface area contributed by atoms with Gasteiger partial charge in [0.25, 0.3) is 0 Å². The number of phenolic OH excluding ortho intramolecular Hbond substituents is 1. The molecule has 2 rings (SSSR count). The molecule has 1 aromatic heterocycles. The highest BCUT2D eigenvalue weighted by molar-refractivity contribution is 5.82. The van der Waals surface area contributed by atoms with Crippen molar-refractivity contribution in [3.05, 3.63) is 63.5 Å². The molecule has 0 aliphatic carbocycles. The highest BCUT2D eigenvalue weighted by atomic mass is 16.4. The maximum Gasteiger partial charge on any atom is 0.336 e. The molecule has 2 aromatic rings. The van der Waals surface area contributed by atoms with Gasteiger partial charge in [-0.2, -0.15) is 0 Å². The van der Waals surface area contributed by atoms with Gasteiger partial charge in [-0.05, 0) is 51.8 Å². The van der Waals surface area contributed by atoms with E-state index in [0.29, 0.717) is 17.6 Å². The molecule has 0 saturated heterocycles. The van der Waals surface area contributed by atoms with Crippen LogP contribution in [-0.2, 0) is 6.42 Å². The molecule has 0 bridgehead atoms. The van der Waals surface area contributed by atoms with Crippen molar-refractivity contribution in [2.24, 2.45) is 0 Å². The number of phenols is 1. The van der Waals surface area contributed by atoms with Crippen molar-refractivity contribution in [1.82, 2.24) is 0 Å². The molecule has 1 aromatic carbocycles. The molecule has 0 saturated carbocycles. The maximum atomic E-state index is 11.4. The fraction of sp³-hybridized carbons (Fsp3) is 0.278. The zero-order valence-corrected chi connectivity index (χ0v) is 12.6. The summed E-state index contributed by atoms with van der Waals surface area (Å²) in [6.07, 6.45) is 5.65. The lowest BCUT2D eigenvalue weighted by Gasteiger charge is -2.06. The van der Waals surface area contributed by atoms with E-state index in [-0.39, 0.29) is 5.75 Å². The van der Waals surface area contributed by atoms with Gasteiger partial charge in [0.15, 0.2) is 0 Å². The maximum absolute atomic E-state index is 11.4. The molecule has 1 N–H and O–H groups in total. The predicted octanol–water partition coefficient (Wildman–Crippen LogP) is 4.34. The van der Waals surface area contributed by atoms with Crippen LogP contribution in [0.1, 0.15) is 32.8 Å². The molecular weight excluding hydrogens is 264 g/mol. The molecule has 0 radical (unpaired) electrons. The van der Waals surface area contributed by atoms with Gasteiger partial charge in [0.05, 0.1) is 0 Å². The van der Waals surface area contributed by atoms with Gasteiger partial charge >= 0.3 is 5.63 Å². The first-order valence-corrected chi connectivity index (χ1v) is 7.01. The Labute approximate surface area is 124 Å². The van der Waals surface area contributed by atoms with Gasteiger partial charge in [-0.15, -0.1) is 0 Å². The van der Waals surface area contributed by atoms with Crippen LogP contribution < -0.4 is 5.63 Å². The Morgan fingerprint density at radius 2 is 1.86 bits per heavy atom. The van der Waals surface area contributed by atoms with Gasteiger partial charge in [0.1, 0.15) is 11.3 Å². The minimum atomic E-state index is -0.403. The number of fused-ring (bicyclic) bond motifs is 1. The van der Waals surface area contributed by atoms with Crippen molar-refractivity contribution in [3.8, 4) is 5.75 Å². The highest BCUT2D eigenvalue weighted by Gasteiger charge is 2.08. The predicted molar refractivity (Wildman–Crippen MR) is 85.7 cm³/mol. The van der Waals surface area contributed by atoms with Crippen molar-refractivity contribution >= 4 is 11.0 Å². The van der Waals surface area contributed by atoms with Crippen LogP contribution >= 0.6 is 0 Å². The standard InChI is InChI=1S/C18H20O3/c1-12(2)4-5-13(3)6-9-15-16(19)10-7-14-8-11-17(20)21-18(14)15/h4,6-8,10-11,19H,5,9H2,1-3H3. The van der Waals surface area contributed by atoms with Crippen molar-refractivity contribution in [3.63, 3.8) is 0 Å². The van der Waals surface area contributed by atoms with Crippen LogP contribution in [0.15, 0.2) is 56.8 Å². The van der Waals surface area contributed by atoms with Crippen molar-refractivity contribution in [2.75, 3.05) is 0 Å². The molecule has 1 heterocycles. The number of rotatable bonds is 4. The van der Waals surface area contributed by atoms with Crippen molar-refractivity contribution < 1.29 is 9.52 Å². The summed E-state index contributed by atoms with van der Waals surface area (Å²) in [5.74, 6) is 0.156. The number of hydrogen-bond donors (Lipinski definition) is 1. The molecule has 0 atom stereocenters. The normalized spacial score (nSPS) is 11.7. The van der Waals surface area contributed by atoms with Gasteiger partial charge in [-0.1, -0.05) is 23.3 Å². The van der Waals surface area contributed by atoms with E-state index < -0.39 is 5.63 Å². The number of aromatic hydroxyl groups is 1. The van der Waals surface area contributed by atoms with Gasteiger partial charge in [0, 0.05) is 17.0 Å². The van der Waals surface area contributed by atoms with E-state index in [4.69, 9.17) is 4.42 Å². The fourth-order valence-electron chi connectivity index (χ4n) is 2.10. The number of hydrogen-bond acceptors (Lipinski definition) is 3. The van der Waals surface area contributed by atoms with E-state index in [2.05, 4.69) is 32.9 Å². The summed E-state index contributed by atoms with van der Waals surface area (Å²) in [5, 5.41) is 10.8. The van der Waals surface area contributed by atoms with E-state index in [1.807, 2.05) is 0 Å². The van der Waals surface area contributed by atoms with E-state index in [1.54, 1.807) is 18.2 Å². The lowest BCUT2D eigenvalue weighted by Crippen LogP contribution is -1.97. The minimum absolute atomic E-state index is 0.156. The van der Waals surface area contributed by atoms with Crippen LogP contribution in [0.3, 0.4) is 0 Å². The zero-order valence-electron chi connectivity index (χ0n) is 12.6. The van der Waals surface area contributed by atoms with Gasteiger partial charge in [0.2, 0.25) is 0 Å². The Morgan fingerprint density at radius 1 is 1.14 bits per heavy atom. The molecule has 110 valence electrons. The average Bonchev–Trinajstić information content (AvgIpc) is 2.44. The quantitative estimate of drug-likeness (QED) is 0.671. The summed E-state index contributed by atoms with van der Waals surface area (Å²) in [6.45, 7) is 6.19. The smallest absolute Gasteiger partial charge is 0.336 e. The minimum Gasteiger partial charge on any atom is -0.508 e. The second kappa shape index (κ2) is 6.44. The van der Waals surface area contributed by atoms with E-state index in [1.165, 1.54) is 17.2 Å². The average molecular weight is 284 g/mol. The summed E-state index contributed by atoms with van der Waals surface area (Å²) in [6, 6.07) is 6.48. The molecule has 3 nitrogen and oxygen atoms in total. The van der Waals surface area contributed by atoms with Crippen LogP contribution in [0.5, 0.6) is 5.75 Å².